The number of nitrogens with zero attached hydrogens (tertiary/aromatic N) is 1. The summed E-state index contributed by atoms with van der Waals surface area (Å²) in [4.78, 5) is 0. The maximum atomic E-state index is 8.79. The highest BCUT2D eigenvalue weighted by Crippen LogP contribution is 2.30. The second-order valence-corrected chi connectivity index (χ2v) is 4.53. The molecule has 0 aromatic heterocycles. The molecule has 2 heterocycles. The van der Waals surface area contributed by atoms with E-state index in [1.54, 1.807) is 0 Å². The Balaban J connectivity index is 1.67. The molecule has 1 aromatic carbocycles. The first-order valence-corrected chi connectivity index (χ1v) is 6.05. The van der Waals surface area contributed by atoms with E-state index in [1.165, 1.54) is 0 Å². The van der Waals surface area contributed by atoms with E-state index in [2.05, 4.69) is 5.16 Å². The summed E-state index contributed by atoms with van der Waals surface area (Å²) in [7, 11) is 0. The Bertz CT molecular complexity index is 466. The standard InChI is InChI=1S/C13H15NO4/c15-14-12-8-18-13-5-10(1-2-11(12)13)17-7-9-3-4-16-6-9/h1-2,5,9,15H,3-4,6-8H2/b14-12+. The van der Waals surface area contributed by atoms with Crippen molar-refractivity contribution in [2.24, 2.45) is 11.1 Å². The monoisotopic (exact) mass is 249 g/mol. The number of oxime groups is 1. The maximum absolute atomic E-state index is 8.79. The summed E-state index contributed by atoms with van der Waals surface area (Å²) in [6.45, 7) is 2.59. The van der Waals surface area contributed by atoms with E-state index in [1.807, 2.05) is 18.2 Å². The van der Waals surface area contributed by atoms with Crippen LogP contribution in [0.2, 0.25) is 0 Å². The molecular formula is C13H15NO4. The van der Waals surface area contributed by atoms with Crippen molar-refractivity contribution in [2.45, 2.75) is 6.42 Å². The predicted octanol–water partition coefficient (Wildman–Crippen LogP) is 1.67. The van der Waals surface area contributed by atoms with E-state index < -0.39 is 0 Å². The molecule has 1 N–H and O–H groups in total. The van der Waals surface area contributed by atoms with Crippen molar-refractivity contribution in [1.29, 1.82) is 0 Å². The van der Waals surface area contributed by atoms with E-state index in [4.69, 9.17) is 19.4 Å². The van der Waals surface area contributed by atoms with Gasteiger partial charge in [-0.1, -0.05) is 5.16 Å². The summed E-state index contributed by atoms with van der Waals surface area (Å²) in [5.41, 5.74) is 1.38. The van der Waals surface area contributed by atoms with Gasteiger partial charge in [0.2, 0.25) is 0 Å². The van der Waals surface area contributed by atoms with Gasteiger partial charge in [-0.25, -0.2) is 0 Å². The molecule has 5 heteroatoms. The SMILES string of the molecule is O/N=C1\COc2cc(OCC3CCOC3)ccc21. The molecule has 1 saturated heterocycles. The van der Waals surface area contributed by atoms with Gasteiger partial charge in [0, 0.05) is 24.2 Å². The van der Waals surface area contributed by atoms with E-state index in [9.17, 15) is 0 Å². The minimum absolute atomic E-state index is 0.311. The van der Waals surface area contributed by atoms with Gasteiger partial charge in [0.05, 0.1) is 13.2 Å². The highest BCUT2D eigenvalue weighted by Gasteiger charge is 2.21. The lowest BCUT2D eigenvalue weighted by Gasteiger charge is -2.10. The molecule has 3 rings (SSSR count). The fraction of sp³-hybridized carbons (Fsp3) is 0.462. The second kappa shape index (κ2) is 4.86. The molecule has 96 valence electrons. The van der Waals surface area contributed by atoms with Crippen LogP contribution < -0.4 is 9.47 Å². The molecule has 1 unspecified atom stereocenters. The van der Waals surface area contributed by atoms with E-state index in [0.717, 1.165) is 30.9 Å². The molecule has 0 bridgehead atoms. The van der Waals surface area contributed by atoms with Crippen LogP contribution in [0.5, 0.6) is 11.5 Å². The molecule has 18 heavy (non-hydrogen) atoms. The fourth-order valence-corrected chi connectivity index (χ4v) is 2.19. The first-order valence-electron chi connectivity index (χ1n) is 6.05. The molecule has 1 fully saturated rings. The zero-order valence-electron chi connectivity index (χ0n) is 9.96. The van der Waals surface area contributed by atoms with Crippen LogP contribution in [0, 0.1) is 5.92 Å². The van der Waals surface area contributed by atoms with Gasteiger partial charge in [-0.15, -0.1) is 0 Å². The average molecular weight is 249 g/mol. The summed E-state index contributed by atoms with van der Waals surface area (Å²) < 4.78 is 16.4. The quantitative estimate of drug-likeness (QED) is 0.654. The minimum atomic E-state index is 0.311. The summed E-state index contributed by atoms with van der Waals surface area (Å²) in [6.07, 6.45) is 1.06. The lowest BCUT2D eigenvalue weighted by Crippen LogP contribution is -2.11. The van der Waals surface area contributed by atoms with Crippen LogP contribution in [-0.4, -0.2) is 37.3 Å². The number of hydrogen-bond donors (Lipinski definition) is 1. The smallest absolute Gasteiger partial charge is 0.134 e. The van der Waals surface area contributed by atoms with E-state index >= 15 is 0 Å². The molecule has 0 spiro atoms. The van der Waals surface area contributed by atoms with Crippen molar-refractivity contribution >= 4 is 5.71 Å². The van der Waals surface area contributed by atoms with Gasteiger partial charge in [0.1, 0.15) is 23.8 Å². The Morgan fingerprint density at radius 1 is 1.44 bits per heavy atom. The Kier molecular flexibility index (Phi) is 3.06. The van der Waals surface area contributed by atoms with Gasteiger partial charge in [-0.2, -0.15) is 0 Å². The zero-order valence-corrected chi connectivity index (χ0v) is 9.96. The molecular weight excluding hydrogens is 234 g/mol. The Morgan fingerprint density at radius 3 is 3.17 bits per heavy atom. The summed E-state index contributed by atoms with van der Waals surface area (Å²) >= 11 is 0. The van der Waals surface area contributed by atoms with E-state index in [-0.39, 0.29) is 0 Å². The molecule has 0 saturated carbocycles. The van der Waals surface area contributed by atoms with Crippen molar-refractivity contribution in [3.63, 3.8) is 0 Å². The highest BCUT2D eigenvalue weighted by atomic mass is 16.5. The lowest BCUT2D eigenvalue weighted by molar-refractivity contribution is 0.167. The average Bonchev–Trinajstić information content (AvgIpc) is 3.05. The van der Waals surface area contributed by atoms with Crippen molar-refractivity contribution in [3.05, 3.63) is 23.8 Å². The molecule has 1 atom stereocenters. The third-order valence-electron chi connectivity index (χ3n) is 3.26. The molecule has 2 aliphatic heterocycles. The molecule has 0 radical (unpaired) electrons. The van der Waals surface area contributed by atoms with Crippen molar-refractivity contribution in [3.8, 4) is 11.5 Å². The lowest BCUT2D eigenvalue weighted by atomic mass is 10.1. The van der Waals surface area contributed by atoms with Crippen LogP contribution in [0.25, 0.3) is 0 Å². The molecule has 2 aliphatic rings. The first kappa shape index (κ1) is 11.3. The van der Waals surface area contributed by atoms with Crippen molar-refractivity contribution < 1.29 is 19.4 Å². The van der Waals surface area contributed by atoms with Crippen LogP contribution >= 0.6 is 0 Å². The van der Waals surface area contributed by atoms with E-state index in [0.29, 0.717) is 30.6 Å². The summed E-state index contributed by atoms with van der Waals surface area (Å²) in [6, 6.07) is 5.57. The van der Waals surface area contributed by atoms with Gasteiger partial charge in [0.25, 0.3) is 0 Å². The number of benzene rings is 1. The van der Waals surface area contributed by atoms with Gasteiger partial charge in [0.15, 0.2) is 0 Å². The van der Waals surface area contributed by atoms with Crippen molar-refractivity contribution in [1.82, 2.24) is 0 Å². The van der Waals surface area contributed by atoms with Crippen LogP contribution in [-0.2, 0) is 4.74 Å². The first-order chi connectivity index (χ1) is 8.86. The van der Waals surface area contributed by atoms with Crippen LogP contribution in [0.1, 0.15) is 12.0 Å². The maximum Gasteiger partial charge on any atom is 0.134 e. The van der Waals surface area contributed by atoms with Crippen LogP contribution in [0.15, 0.2) is 23.4 Å². The fourth-order valence-electron chi connectivity index (χ4n) is 2.19. The normalized spacial score (nSPS) is 24.0. The molecule has 5 nitrogen and oxygen atoms in total. The second-order valence-electron chi connectivity index (χ2n) is 4.53. The molecule has 0 amide bonds. The largest absolute Gasteiger partial charge is 0.493 e. The Morgan fingerprint density at radius 2 is 2.39 bits per heavy atom. The molecule has 0 aliphatic carbocycles. The third kappa shape index (κ3) is 2.13. The Labute approximate surface area is 105 Å². The number of ether oxygens (including phenoxy) is 3. The predicted molar refractivity (Wildman–Crippen MR) is 64.7 cm³/mol. The minimum Gasteiger partial charge on any atom is -0.493 e. The third-order valence-corrected chi connectivity index (χ3v) is 3.26. The molecule has 1 aromatic rings. The van der Waals surface area contributed by atoms with Gasteiger partial charge in [-0.05, 0) is 18.6 Å². The van der Waals surface area contributed by atoms with Crippen molar-refractivity contribution in [2.75, 3.05) is 26.4 Å². The zero-order chi connectivity index (χ0) is 12.4. The number of rotatable bonds is 3. The van der Waals surface area contributed by atoms with Crippen LogP contribution in [0.3, 0.4) is 0 Å². The summed E-state index contributed by atoms with van der Waals surface area (Å²) in [5.74, 6) is 1.97. The number of hydrogen-bond acceptors (Lipinski definition) is 5. The summed E-state index contributed by atoms with van der Waals surface area (Å²) in [5, 5.41) is 12.0. The van der Waals surface area contributed by atoms with Crippen LogP contribution in [0.4, 0.5) is 0 Å². The number of fused-ring (bicyclic) bond motifs is 1. The topological polar surface area (TPSA) is 60.3 Å². The van der Waals surface area contributed by atoms with Gasteiger partial charge in [-0.3, -0.25) is 0 Å². The Hall–Kier alpha value is -1.75. The highest BCUT2D eigenvalue weighted by molar-refractivity contribution is 6.05. The van der Waals surface area contributed by atoms with Gasteiger partial charge >= 0.3 is 0 Å². The van der Waals surface area contributed by atoms with Gasteiger partial charge < -0.3 is 19.4 Å².